The van der Waals surface area contributed by atoms with E-state index in [4.69, 9.17) is 0 Å². The SMILES string of the molecule is CCc1ccc(CC(=O)c2cc(Br)ccc2C)s1. The maximum atomic E-state index is 12.3. The van der Waals surface area contributed by atoms with Crippen molar-refractivity contribution in [1.82, 2.24) is 0 Å². The van der Waals surface area contributed by atoms with Crippen molar-refractivity contribution in [3.05, 3.63) is 55.7 Å². The summed E-state index contributed by atoms with van der Waals surface area (Å²) >= 11 is 5.15. The van der Waals surface area contributed by atoms with Crippen molar-refractivity contribution in [3.63, 3.8) is 0 Å². The summed E-state index contributed by atoms with van der Waals surface area (Å²) in [7, 11) is 0. The van der Waals surface area contributed by atoms with Gasteiger partial charge in [0.1, 0.15) is 0 Å². The van der Waals surface area contributed by atoms with Gasteiger partial charge in [0.15, 0.2) is 5.78 Å². The lowest BCUT2D eigenvalue weighted by Gasteiger charge is -2.04. The molecule has 0 spiro atoms. The molecule has 2 aromatic rings. The van der Waals surface area contributed by atoms with Crippen molar-refractivity contribution >= 4 is 33.0 Å². The Kier molecular flexibility index (Phi) is 4.36. The van der Waals surface area contributed by atoms with E-state index in [2.05, 4.69) is 35.0 Å². The summed E-state index contributed by atoms with van der Waals surface area (Å²) < 4.78 is 0.955. The maximum absolute atomic E-state index is 12.3. The quantitative estimate of drug-likeness (QED) is 0.738. The zero-order chi connectivity index (χ0) is 13.1. The van der Waals surface area contributed by atoms with Gasteiger partial charge in [-0.15, -0.1) is 11.3 Å². The van der Waals surface area contributed by atoms with Crippen LogP contribution in [0.25, 0.3) is 0 Å². The smallest absolute Gasteiger partial charge is 0.168 e. The van der Waals surface area contributed by atoms with Crippen molar-refractivity contribution in [2.75, 3.05) is 0 Å². The second-order valence-corrected chi connectivity index (χ2v) is 6.45. The predicted octanol–water partition coefficient (Wildman–Crippen LogP) is 4.81. The number of ketones is 1. The molecule has 1 aromatic heterocycles. The van der Waals surface area contributed by atoms with E-state index in [0.29, 0.717) is 6.42 Å². The molecule has 0 bridgehead atoms. The Morgan fingerprint density at radius 1 is 1.22 bits per heavy atom. The third-order valence-electron chi connectivity index (χ3n) is 2.90. The molecule has 0 fully saturated rings. The van der Waals surface area contributed by atoms with Crippen LogP contribution < -0.4 is 0 Å². The number of halogens is 1. The largest absolute Gasteiger partial charge is 0.294 e. The van der Waals surface area contributed by atoms with Gasteiger partial charge in [-0.3, -0.25) is 4.79 Å². The lowest BCUT2D eigenvalue weighted by atomic mass is 10.0. The van der Waals surface area contributed by atoms with E-state index >= 15 is 0 Å². The third-order valence-corrected chi connectivity index (χ3v) is 4.62. The summed E-state index contributed by atoms with van der Waals surface area (Å²) in [6.07, 6.45) is 1.54. The molecule has 0 aliphatic heterocycles. The van der Waals surface area contributed by atoms with Gasteiger partial charge >= 0.3 is 0 Å². The molecule has 0 aliphatic rings. The van der Waals surface area contributed by atoms with Gasteiger partial charge < -0.3 is 0 Å². The fourth-order valence-corrected chi connectivity index (χ4v) is 3.17. The normalized spacial score (nSPS) is 10.6. The molecule has 1 heterocycles. The molecule has 0 aliphatic carbocycles. The highest BCUT2D eigenvalue weighted by Gasteiger charge is 2.11. The average molecular weight is 323 g/mol. The minimum atomic E-state index is 0.193. The van der Waals surface area contributed by atoms with Gasteiger partial charge in [0.25, 0.3) is 0 Å². The number of rotatable bonds is 4. The summed E-state index contributed by atoms with van der Waals surface area (Å²) in [4.78, 5) is 14.8. The van der Waals surface area contributed by atoms with Crippen LogP contribution >= 0.6 is 27.3 Å². The van der Waals surface area contributed by atoms with Crippen molar-refractivity contribution < 1.29 is 4.79 Å². The van der Waals surface area contributed by atoms with Crippen LogP contribution in [0, 0.1) is 6.92 Å². The number of hydrogen-bond donors (Lipinski definition) is 0. The van der Waals surface area contributed by atoms with E-state index in [1.165, 1.54) is 4.88 Å². The molecule has 3 heteroatoms. The lowest BCUT2D eigenvalue weighted by molar-refractivity contribution is 0.0993. The van der Waals surface area contributed by atoms with Crippen LogP contribution in [0.3, 0.4) is 0 Å². The Labute approximate surface area is 120 Å². The molecule has 18 heavy (non-hydrogen) atoms. The van der Waals surface area contributed by atoms with Gasteiger partial charge in [0.05, 0.1) is 0 Å². The highest BCUT2D eigenvalue weighted by atomic mass is 79.9. The molecular formula is C15H15BrOS. The van der Waals surface area contributed by atoms with E-state index in [1.54, 1.807) is 11.3 Å². The fraction of sp³-hybridized carbons (Fsp3) is 0.267. The molecule has 0 unspecified atom stereocenters. The number of hydrogen-bond acceptors (Lipinski definition) is 2. The fourth-order valence-electron chi connectivity index (χ4n) is 1.86. The molecule has 0 amide bonds. The second kappa shape index (κ2) is 5.81. The summed E-state index contributed by atoms with van der Waals surface area (Å²) in [6, 6.07) is 10.0. The minimum absolute atomic E-state index is 0.193. The molecule has 0 N–H and O–H groups in total. The van der Waals surface area contributed by atoms with Gasteiger partial charge in [-0.2, -0.15) is 0 Å². The topological polar surface area (TPSA) is 17.1 Å². The van der Waals surface area contributed by atoms with Crippen LogP contribution in [0.2, 0.25) is 0 Å². The third kappa shape index (κ3) is 3.09. The molecule has 1 aromatic carbocycles. The summed E-state index contributed by atoms with van der Waals surface area (Å²) in [5.41, 5.74) is 1.85. The second-order valence-electron chi connectivity index (χ2n) is 4.28. The van der Waals surface area contributed by atoms with Gasteiger partial charge in [0, 0.05) is 26.2 Å². The molecule has 2 rings (SSSR count). The predicted molar refractivity (Wildman–Crippen MR) is 80.6 cm³/mol. The van der Waals surface area contributed by atoms with Crippen molar-refractivity contribution in [2.24, 2.45) is 0 Å². The lowest BCUT2D eigenvalue weighted by Crippen LogP contribution is -2.04. The Morgan fingerprint density at radius 3 is 2.61 bits per heavy atom. The number of aryl methyl sites for hydroxylation is 2. The zero-order valence-corrected chi connectivity index (χ0v) is 12.9. The van der Waals surface area contributed by atoms with Gasteiger partial charge in [0.2, 0.25) is 0 Å². The minimum Gasteiger partial charge on any atom is -0.294 e. The Hall–Kier alpha value is -0.930. The number of Topliss-reactive ketones (excluding diaryl/α,β-unsaturated/α-hetero) is 1. The van der Waals surface area contributed by atoms with E-state index in [9.17, 15) is 4.79 Å². The standard InChI is InChI=1S/C15H15BrOS/c1-3-12-6-7-13(18-12)9-15(17)14-8-11(16)5-4-10(14)2/h4-8H,3,9H2,1-2H3. The van der Waals surface area contributed by atoms with Crippen molar-refractivity contribution in [1.29, 1.82) is 0 Å². The maximum Gasteiger partial charge on any atom is 0.168 e. The summed E-state index contributed by atoms with van der Waals surface area (Å²) in [6.45, 7) is 4.11. The first kappa shape index (κ1) is 13.5. The summed E-state index contributed by atoms with van der Waals surface area (Å²) in [5, 5.41) is 0. The Bertz CT molecular complexity index is 572. The number of thiophene rings is 1. The average Bonchev–Trinajstić information content (AvgIpc) is 2.80. The molecule has 0 atom stereocenters. The number of carbonyl (C=O) groups excluding carboxylic acids is 1. The van der Waals surface area contributed by atoms with E-state index < -0.39 is 0 Å². The number of carbonyl (C=O) groups is 1. The van der Waals surface area contributed by atoms with Crippen LogP contribution in [0.4, 0.5) is 0 Å². The van der Waals surface area contributed by atoms with Gasteiger partial charge in [-0.25, -0.2) is 0 Å². The first-order valence-corrected chi connectivity index (χ1v) is 7.58. The molecule has 94 valence electrons. The molecule has 0 saturated carbocycles. The highest BCUT2D eigenvalue weighted by Crippen LogP contribution is 2.21. The van der Waals surface area contributed by atoms with Crippen LogP contribution in [0.1, 0.15) is 32.6 Å². The van der Waals surface area contributed by atoms with Gasteiger partial charge in [-0.05, 0) is 43.2 Å². The van der Waals surface area contributed by atoms with E-state index in [0.717, 1.165) is 26.9 Å². The van der Waals surface area contributed by atoms with E-state index in [1.807, 2.05) is 25.1 Å². The Balaban J connectivity index is 2.19. The first-order valence-electron chi connectivity index (χ1n) is 5.97. The summed E-state index contributed by atoms with van der Waals surface area (Å²) in [5.74, 6) is 0.193. The van der Waals surface area contributed by atoms with E-state index in [-0.39, 0.29) is 5.78 Å². The molecular weight excluding hydrogens is 308 g/mol. The first-order chi connectivity index (χ1) is 8.60. The van der Waals surface area contributed by atoms with Crippen LogP contribution in [-0.2, 0) is 12.8 Å². The van der Waals surface area contributed by atoms with Crippen molar-refractivity contribution in [3.8, 4) is 0 Å². The Morgan fingerprint density at radius 2 is 1.94 bits per heavy atom. The highest BCUT2D eigenvalue weighted by molar-refractivity contribution is 9.10. The van der Waals surface area contributed by atoms with Crippen LogP contribution in [0.5, 0.6) is 0 Å². The van der Waals surface area contributed by atoms with Crippen LogP contribution in [-0.4, -0.2) is 5.78 Å². The van der Waals surface area contributed by atoms with Crippen LogP contribution in [0.15, 0.2) is 34.8 Å². The van der Waals surface area contributed by atoms with Gasteiger partial charge in [-0.1, -0.05) is 28.9 Å². The van der Waals surface area contributed by atoms with Crippen molar-refractivity contribution in [2.45, 2.75) is 26.7 Å². The number of benzene rings is 1. The molecule has 0 saturated heterocycles. The molecule has 0 radical (unpaired) electrons. The molecule has 1 nitrogen and oxygen atoms in total. The monoisotopic (exact) mass is 322 g/mol. The zero-order valence-electron chi connectivity index (χ0n) is 10.5.